The molecule has 1 fully saturated rings. The molecule has 2 atom stereocenters. The number of hydrogen-bond acceptors (Lipinski definition) is 2. The maximum atomic E-state index is 7.60. The molecule has 1 saturated heterocycles. The molecule has 1 aliphatic rings. The van der Waals surface area contributed by atoms with Crippen LogP contribution in [0.4, 0.5) is 0 Å². The molecule has 0 aliphatic carbocycles. The van der Waals surface area contributed by atoms with Crippen molar-refractivity contribution in [3.63, 3.8) is 0 Å². The van der Waals surface area contributed by atoms with Crippen LogP contribution in [0, 0.1) is 12.3 Å². The first-order chi connectivity index (χ1) is 5.19. The van der Waals surface area contributed by atoms with Crippen molar-refractivity contribution in [3.8, 4) is 12.3 Å². The standard InChI is InChI=1S/C7H9BrO2/c1-2-4-9-7-6(8)3-5-10-7/h1,6-7H,3-5H2/i7D. The van der Waals surface area contributed by atoms with Crippen LogP contribution in [0.15, 0.2) is 0 Å². The van der Waals surface area contributed by atoms with Gasteiger partial charge in [0.05, 0.1) is 12.8 Å². The fraction of sp³-hybridized carbons (Fsp3) is 0.714. The van der Waals surface area contributed by atoms with E-state index in [1.165, 1.54) is 0 Å². The van der Waals surface area contributed by atoms with E-state index in [1.807, 2.05) is 0 Å². The smallest absolute Gasteiger partial charge is 0.171 e. The summed E-state index contributed by atoms with van der Waals surface area (Å²) in [5.41, 5.74) is 0. The Morgan fingerprint density at radius 2 is 2.80 bits per heavy atom. The summed E-state index contributed by atoms with van der Waals surface area (Å²) in [6.45, 7) is 0.662. The first-order valence-electron chi connectivity index (χ1n) is 3.54. The zero-order valence-corrected chi connectivity index (χ0v) is 7.06. The monoisotopic (exact) mass is 205 g/mol. The van der Waals surface area contributed by atoms with Crippen molar-refractivity contribution in [3.05, 3.63) is 0 Å². The van der Waals surface area contributed by atoms with Crippen LogP contribution < -0.4 is 0 Å². The minimum atomic E-state index is -1.27. The summed E-state index contributed by atoms with van der Waals surface area (Å²) in [7, 11) is 0. The Morgan fingerprint density at radius 3 is 3.30 bits per heavy atom. The predicted molar refractivity (Wildman–Crippen MR) is 41.9 cm³/mol. The molecule has 0 N–H and O–H groups in total. The largest absolute Gasteiger partial charge is 0.351 e. The summed E-state index contributed by atoms with van der Waals surface area (Å²) < 4.78 is 17.7. The van der Waals surface area contributed by atoms with Crippen LogP contribution in [0.25, 0.3) is 0 Å². The van der Waals surface area contributed by atoms with Gasteiger partial charge in [0, 0.05) is 0 Å². The Kier molecular flexibility index (Phi) is 2.64. The van der Waals surface area contributed by atoms with Gasteiger partial charge in [0.1, 0.15) is 6.61 Å². The van der Waals surface area contributed by atoms with Gasteiger partial charge in [-0.1, -0.05) is 21.9 Å². The maximum Gasteiger partial charge on any atom is 0.171 e. The molecule has 2 nitrogen and oxygen atoms in total. The molecule has 0 aromatic carbocycles. The van der Waals surface area contributed by atoms with Gasteiger partial charge in [-0.15, -0.1) is 6.42 Å². The van der Waals surface area contributed by atoms with Crippen molar-refractivity contribution in [2.45, 2.75) is 17.5 Å². The van der Waals surface area contributed by atoms with Crippen molar-refractivity contribution in [2.75, 3.05) is 13.2 Å². The first-order valence-corrected chi connectivity index (χ1v) is 3.96. The number of terminal acetylenes is 1. The van der Waals surface area contributed by atoms with Gasteiger partial charge in [-0.05, 0) is 6.42 Å². The van der Waals surface area contributed by atoms with Crippen LogP contribution in [-0.4, -0.2) is 24.3 Å². The van der Waals surface area contributed by atoms with Gasteiger partial charge >= 0.3 is 0 Å². The molecule has 0 aromatic rings. The summed E-state index contributed by atoms with van der Waals surface area (Å²) >= 11 is 3.28. The molecule has 1 aliphatic heterocycles. The Bertz CT molecular complexity index is 180. The van der Waals surface area contributed by atoms with Crippen molar-refractivity contribution < 1.29 is 10.8 Å². The third-order valence-corrected chi connectivity index (χ3v) is 2.00. The van der Waals surface area contributed by atoms with E-state index in [9.17, 15) is 0 Å². The van der Waals surface area contributed by atoms with E-state index in [0.717, 1.165) is 6.42 Å². The molecule has 56 valence electrons. The molecular weight excluding hydrogens is 196 g/mol. The molecule has 1 heterocycles. The quantitative estimate of drug-likeness (QED) is 0.498. The van der Waals surface area contributed by atoms with Crippen molar-refractivity contribution in [1.29, 1.82) is 0 Å². The minimum absolute atomic E-state index is 0.0802. The second kappa shape index (κ2) is 3.97. The van der Waals surface area contributed by atoms with Crippen molar-refractivity contribution in [2.24, 2.45) is 0 Å². The van der Waals surface area contributed by atoms with Gasteiger partial charge in [0.25, 0.3) is 0 Å². The van der Waals surface area contributed by atoms with Gasteiger partial charge in [-0.25, -0.2) is 0 Å². The fourth-order valence-electron chi connectivity index (χ4n) is 0.716. The van der Waals surface area contributed by atoms with E-state index in [2.05, 4.69) is 21.9 Å². The second-order valence-electron chi connectivity index (χ2n) is 1.92. The van der Waals surface area contributed by atoms with Crippen LogP contribution in [0.2, 0.25) is 0 Å². The molecule has 0 amide bonds. The normalized spacial score (nSPS) is 40.8. The van der Waals surface area contributed by atoms with Gasteiger partial charge in [-0.2, -0.15) is 0 Å². The highest BCUT2D eigenvalue weighted by Crippen LogP contribution is 2.21. The second-order valence-corrected chi connectivity index (χ2v) is 3.02. The lowest BCUT2D eigenvalue weighted by Gasteiger charge is -2.11. The zero-order chi connectivity index (χ0) is 8.32. The minimum Gasteiger partial charge on any atom is -0.351 e. The third kappa shape index (κ3) is 1.98. The van der Waals surface area contributed by atoms with E-state index in [0.29, 0.717) is 6.61 Å². The van der Waals surface area contributed by atoms with E-state index < -0.39 is 6.27 Å². The molecule has 0 saturated carbocycles. The van der Waals surface area contributed by atoms with E-state index >= 15 is 0 Å². The molecule has 1 rings (SSSR count). The third-order valence-electron chi connectivity index (χ3n) is 1.17. The summed E-state index contributed by atoms with van der Waals surface area (Å²) in [6, 6.07) is 0. The Balaban J connectivity index is 2.45. The molecule has 0 aromatic heterocycles. The lowest BCUT2D eigenvalue weighted by atomic mass is 10.4. The lowest BCUT2D eigenvalue weighted by Crippen LogP contribution is -2.19. The van der Waals surface area contributed by atoms with Crippen LogP contribution in [0.3, 0.4) is 0 Å². The number of alkyl halides is 1. The molecule has 0 radical (unpaired) electrons. The SMILES string of the molecule is [2H]C1(OCC#C)OCCC1Br. The molecule has 10 heavy (non-hydrogen) atoms. The van der Waals surface area contributed by atoms with Crippen LogP contribution in [0.5, 0.6) is 0 Å². The number of rotatable bonds is 2. The Hall–Kier alpha value is -0.0400. The predicted octanol–water partition coefficient (Wildman–Crippen LogP) is 1.15. The molecular formula is C7H9BrO2. The van der Waals surface area contributed by atoms with Crippen molar-refractivity contribution >= 4 is 15.9 Å². The highest BCUT2D eigenvalue weighted by molar-refractivity contribution is 9.09. The highest BCUT2D eigenvalue weighted by atomic mass is 79.9. The van der Waals surface area contributed by atoms with Gasteiger partial charge < -0.3 is 9.47 Å². The summed E-state index contributed by atoms with van der Waals surface area (Å²) in [4.78, 5) is -0.0802. The first kappa shape index (κ1) is 6.66. The van der Waals surface area contributed by atoms with Crippen LogP contribution >= 0.6 is 15.9 Å². The average Bonchev–Trinajstić information content (AvgIpc) is 2.30. The van der Waals surface area contributed by atoms with E-state index in [1.54, 1.807) is 0 Å². The Morgan fingerprint density at radius 1 is 2.00 bits per heavy atom. The van der Waals surface area contributed by atoms with E-state index in [-0.39, 0.29) is 11.4 Å². The molecule has 0 spiro atoms. The maximum absolute atomic E-state index is 7.60. The molecule has 3 heteroatoms. The van der Waals surface area contributed by atoms with Gasteiger partial charge in [-0.3, -0.25) is 0 Å². The lowest BCUT2D eigenvalue weighted by molar-refractivity contribution is -0.0961. The highest BCUT2D eigenvalue weighted by Gasteiger charge is 2.25. The summed E-state index contributed by atoms with van der Waals surface area (Å²) in [5.74, 6) is 2.30. The Labute approximate surface area is 70.4 Å². The van der Waals surface area contributed by atoms with Crippen LogP contribution in [0.1, 0.15) is 7.79 Å². The van der Waals surface area contributed by atoms with Gasteiger partial charge in [0.15, 0.2) is 6.27 Å². The number of halogens is 1. The average molecular weight is 206 g/mol. The fourth-order valence-corrected chi connectivity index (χ4v) is 1.17. The number of hydrogen-bond donors (Lipinski definition) is 0. The van der Waals surface area contributed by atoms with Gasteiger partial charge in [0.2, 0.25) is 0 Å². The molecule has 0 bridgehead atoms. The van der Waals surface area contributed by atoms with Crippen LogP contribution in [-0.2, 0) is 9.47 Å². The topological polar surface area (TPSA) is 18.5 Å². The van der Waals surface area contributed by atoms with E-state index in [4.69, 9.17) is 17.3 Å². The number of ether oxygens (including phenoxy) is 2. The zero-order valence-electron chi connectivity index (χ0n) is 6.47. The molecule has 2 unspecified atom stereocenters. The summed E-state index contributed by atoms with van der Waals surface area (Å²) in [6.07, 6.45) is 4.50. The van der Waals surface area contributed by atoms with Crippen molar-refractivity contribution in [1.82, 2.24) is 0 Å². The summed E-state index contributed by atoms with van der Waals surface area (Å²) in [5, 5.41) is 0.